The molecule has 1 aliphatic heterocycles. The van der Waals surface area contributed by atoms with Gasteiger partial charge in [-0.2, -0.15) is 0 Å². The molecule has 1 aliphatic rings. The van der Waals surface area contributed by atoms with E-state index >= 15 is 0 Å². The standard InChI is InChI=1S/C18H27N3O3/c1-13(2)18(3,12-19)20-16(22)11-24-15-8-6-14(7-9-15)21-10-4-5-17(21)23/h6-9,13H,4-5,10-12,19H2,1-3H3,(H,20,22). The van der Waals surface area contributed by atoms with Gasteiger partial charge in [0.1, 0.15) is 5.75 Å². The lowest BCUT2D eigenvalue weighted by atomic mass is 9.88. The second-order valence-electron chi connectivity index (χ2n) is 6.76. The summed E-state index contributed by atoms with van der Waals surface area (Å²) < 4.78 is 5.53. The third-order valence-electron chi connectivity index (χ3n) is 4.72. The van der Waals surface area contributed by atoms with Gasteiger partial charge in [-0.05, 0) is 43.5 Å². The van der Waals surface area contributed by atoms with Gasteiger partial charge in [0.15, 0.2) is 6.61 Å². The first-order chi connectivity index (χ1) is 11.4. The van der Waals surface area contributed by atoms with E-state index in [4.69, 9.17) is 10.5 Å². The van der Waals surface area contributed by atoms with Gasteiger partial charge in [-0.1, -0.05) is 13.8 Å². The van der Waals surface area contributed by atoms with Crippen molar-refractivity contribution < 1.29 is 14.3 Å². The van der Waals surface area contributed by atoms with Gasteiger partial charge in [0.25, 0.3) is 5.91 Å². The molecule has 2 rings (SSSR count). The fourth-order valence-corrected chi connectivity index (χ4v) is 2.58. The third-order valence-corrected chi connectivity index (χ3v) is 4.72. The molecule has 1 heterocycles. The van der Waals surface area contributed by atoms with Gasteiger partial charge in [-0.25, -0.2) is 0 Å². The van der Waals surface area contributed by atoms with Crippen LogP contribution in [-0.4, -0.2) is 37.0 Å². The molecule has 1 saturated heterocycles. The van der Waals surface area contributed by atoms with Crippen molar-refractivity contribution in [3.05, 3.63) is 24.3 Å². The highest BCUT2D eigenvalue weighted by atomic mass is 16.5. The van der Waals surface area contributed by atoms with Crippen LogP contribution in [0.2, 0.25) is 0 Å². The maximum Gasteiger partial charge on any atom is 0.258 e. The predicted molar refractivity (Wildman–Crippen MR) is 94.0 cm³/mol. The summed E-state index contributed by atoms with van der Waals surface area (Å²) in [5.41, 5.74) is 6.18. The summed E-state index contributed by atoms with van der Waals surface area (Å²) in [6, 6.07) is 7.24. The van der Waals surface area contributed by atoms with Crippen molar-refractivity contribution in [2.45, 2.75) is 39.2 Å². The minimum absolute atomic E-state index is 0.0652. The molecule has 0 radical (unpaired) electrons. The van der Waals surface area contributed by atoms with Gasteiger partial charge in [-0.15, -0.1) is 0 Å². The SMILES string of the molecule is CC(C)C(C)(CN)NC(=O)COc1ccc(N2CCCC2=O)cc1. The zero-order chi connectivity index (χ0) is 17.7. The van der Waals surface area contributed by atoms with Gasteiger partial charge in [0, 0.05) is 25.2 Å². The number of benzene rings is 1. The Bertz CT molecular complexity index is 586. The lowest BCUT2D eigenvalue weighted by molar-refractivity contribution is -0.125. The van der Waals surface area contributed by atoms with Crippen LogP contribution in [0.5, 0.6) is 5.75 Å². The molecule has 0 aliphatic carbocycles. The monoisotopic (exact) mass is 333 g/mol. The van der Waals surface area contributed by atoms with Crippen LogP contribution in [-0.2, 0) is 9.59 Å². The minimum Gasteiger partial charge on any atom is -0.484 e. The highest BCUT2D eigenvalue weighted by Crippen LogP contribution is 2.24. The molecule has 6 nitrogen and oxygen atoms in total. The number of carbonyl (C=O) groups is 2. The average molecular weight is 333 g/mol. The lowest BCUT2D eigenvalue weighted by Gasteiger charge is -2.33. The van der Waals surface area contributed by atoms with Crippen LogP contribution in [0, 0.1) is 5.92 Å². The summed E-state index contributed by atoms with van der Waals surface area (Å²) >= 11 is 0. The number of carbonyl (C=O) groups excluding carboxylic acids is 2. The number of nitrogens with one attached hydrogen (secondary N) is 1. The molecule has 132 valence electrons. The molecule has 1 aromatic rings. The topological polar surface area (TPSA) is 84.7 Å². The number of nitrogens with two attached hydrogens (primary N) is 1. The van der Waals surface area contributed by atoms with E-state index in [1.807, 2.05) is 32.9 Å². The van der Waals surface area contributed by atoms with Crippen LogP contribution < -0.4 is 20.7 Å². The maximum absolute atomic E-state index is 12.1. The number of ether oxygens (including phenoxy) is 1. The number of hydrogen-bond donors (Lipinski definition) is 2. The molecule has 0 saturated carbocycles. The van der Waals surface area contributed by atoms with Gasteiger partial charge in [0.05, 0.1) is 5.54 Å². The molecule has 1 unspecified atom stereocenters. The van der Waals surface area contributed by atoms with Gasteiger partial charge in [-0.3, -0.25) is 9.59 Å². The Hall–Kier alpha value is -2.08. The molecular weight excluding hydrogens is 306 g/mol. The van der Waals surface area contributed by atoms with E-state index in [-0.39, 0.29) is 24.3 Å². The summed E-state index contributed by atoms with van der Waals surface area (Å²) in [6.45, 7) is 7.03. The summed E-state index contributed by atoms with van der Waals surface area (Å²) in [5, 5.41) is 2.93. The molecule has 0 bridgehead atoms. The summed E-state index contributed by atoms with van der Waals surface area (Å²) in [5.74, 6) is 0.775. The Balaban J connectivity index is 1.88. The summed E-state index contributed by atoms with van der Waals surface area (Å²) in [4.78, 5) is 25.6. The minimum atomic E-state index is -0.444. The van der Waals surface area contributed by atoms with Gasteiger partial charge >= 0.3 is 0 Å². The second kappa shape index (κ2) is 7.66. The Labute approximate surface area is 143 Å². The molecule has 6 heteroatoms. The van der Waals surface area contributed by atoms with E-state index in [0.717, 1.165) is 18.7 Å². The highest BCUT2D eigenvalue weighted by Gasteiger charge is 2.28. The van der Waals surface area contributed by atoms with Crippen molar-refractivity contribution in [1.82, 2.24) is 5.32 Å². The number of rotatable bonds is 7. The molecular formula is C18H27N3O3. The van der Waals surface area contributed by atoms with Crippen LogP contribution in [0.3, 0.4) is 0 Å². The van der Waals surface area contributed by atoms with Crippen LogP contribution in [0.25, 0.3) is 0 Å². The van der Waals surface area contributed by atoms with Crippen molar-refractivity contribution >= 4 is 17.5 Å². The third kappa shape index (κ3) is 4.26. The first-order valence-electron chi connectivity index (χ1n) is 8.40. The van der Waals surface area contributed by atoms with Crippen LogP contribution in [0.15, 0.2) is 24.3 Å². The molecule has 0 aromatic heterocycles. The zero-order valence-corrected chi connectivity index (χ0v) is 14.7. The number of amides is 2. The fourth-order valence-electron chi connectivity index (χ4n) is 2.58. The van der Waals surface area contributed by atoms with Crippen molar-refractivity contribution in [3.63, 3.8) is 0 Å². The van der Waals surface area contributed by atoms with Crippen molar-refractivity contribution in [2.24, 2.45) is 11.7 Å². The Kier molecular flexibility index (Phi) is 5.83. The zero-order valence-electron chi connectivity index (χ0n) is 14.7. The molecule has 3 N–H and O–H groups in total. The predicted octanol–water partition coefficient (Wildman–Crippen LogP) is 1.68. The normalized spacial score (nSPS) is 17.0. The Morgan fingerprint density at radius 3 is 2.54 bits per heavy atom. The van der Waals surface area contributed by atoms with Crippen molar-refractivity contribution in [3.8, 4) is 5.75 Å². The lowest BCUT2D eigenvalue weighted by Crippen LogP contribution is -2.56. The van der Waals surface area contributed by atoms with Gasteiger partial charge < -0.3 is 20.7 Å². The fraction of sp³-hybridized carbons (Fsp3) is 0.556. The Morgan fingerprint density at radius 2 is 2.04 bits per heavy atom. The molecule has 2 amide bonds. The molecule has 0 spiro atoms. The summed E-state index contributed by atoms with van der Waals surface area (Å²) in [7, 11) is 0. The second-order valence-corrected chi connectivity index (χ2v) is 6.76. The van der Waals surface area contributed by atoms with E-state index in [2.05, 4.69) is 5.32 Å². The van der Waals surface area contributed by atoms with E-state index in [1.165, 1.54) is 0 Å². The smallest absolute Gasteiger partial charge is 0.258 e. The summed E-state index contributed by atoms with van der Waals surface area (Å²) in [6.07, 6.45) is 1.50. The van der Waals surface area contributed by atoms with Crippen LogP contribution in [0.1, 0.15) is 33.6 Å². The number of anilines is 1. The molecule has 1 aromatic carbocycles. The first kappa shape index (κ1) is 18.3. The number of hydrogen-bond acceptors (Lipinski definition) is 4. The number of nitrogens with zero attached hydrogens (tertiary/aromatic N) is 1. The van der Waals surface area contributed by atoms with Crippen molar-refractivity contribution in [2.75, 3.05) is 24.6 Å². The van der Waals surface area contributed by atoms with Gasteiger partial charge in [0.2, 0.25) is 5.91 Å². The van der Waals surface area contributed by atoms with E-state index in [0.29, 0.717) is 18.7 Å². The van der Waals surface area contributed by atoms with Crippen LogP contribution in [0.4, 0.5) is 5.69 Å². The van der Waals surface area contributed by atoms with E-state index in [9.17, 15) is 9.59 Å². The highest BCUT2D eigenvalue weighted by molar-refractivity contribution is 5.95. The molecule has 1 atom stereocenters. The first-order valence-corrected chi connectivity index (χ1v) is 8.40. The quantitative estimate of drug-likeness (QED) is 0.795. The van der Waals surface area contributed by atoms with E-state index < -0.39 is 5.54 Å². The maximum atomic E-state index is 12.1. The van der Waals surface area contributed by atoms with E-state index in [1.54, 1.807) is 17.0 Å². The largest absolute Gasteiger partial charge is 0.484 e. The van der Waals surface area contributed by atoms with Crippen LogP contribution >= 0.6 is 0 Å². The average Bonchev–Trinajstić information content (AvgIpc) is 2.99. The molecule has 1 fully saturated rings. The molecule has 24 heavy (non-hydrogen) atoms. The van der Waals surface area contributed by atoms with Crippen molar-refractivity contribution in [1.29, 1.82) is 0 Å². The Morgan fingerprint density at radius 1 is 1.38 bits per heavy atom.